The Morgan fingerprint density at radius 1 is 1.30 bits per heavy atom. The molecule has 0 saturated heterocycles. The number of nitrogens with one attached hydrogen (secondary N) is 1. The van der Waals surface area contributed by atoms with Crippen LogP contribution in [0, 0.1) is 16.2 Å². The molecule has 1 spiro atoms. The van der Waals surface area contributed by atoms with Crippen molar-refractivity contribution < 1.29 is 9.84 Å². The number of hydrogen-bond acceptors (Lipinski definition) is 6. The maximum atomic E-state index is 13.1. The van der Waals surface area contributed by atoms with Gasteiger partial charge in [0.1, 0.15) is 11.4 Å². The molecule has 6 N–H and O–H groups in total. The van der Waals surface area contributed by atoms with Crippen molar-refractivity contribution >= 4 is 5.84 Å². The summed E-state index contributed by atoms with van der Waals surface area (Å²) in [7, 11) is 1.70. The van der Waals surface area contributed by atoms with Crippen molar-refractivity contribution in [1.29, 1.82) is 5.41 Å². The molecular formula is C21H35N5O4. The number of rotatable bonds is 8. The molecule has 0 bridgehead atoms. The van der Waals surface area contributed by atoms with Crippen LogP contribution in [0.2, 0.25) is 0 Å². The predicted octanol–water partition coefficient (Wildman–Crippen LogP) is 1.29. The number of nitrogen functional groups attached to an aromatic ring is 1. The molecule has 1 aromatic heterocycles. The second-order valence-electron chi connectivity index (χ2n) is 9.30. The summed E-state index contributed by atoms with van der Waals surface area (Å²) in [4.78, 5) is 26.1. The van der Waals surface area contributed by atoms with E-state index in [4.69, 9.17) is 21.6 Å². The first-order valence-corrected chi connectivity index (χ1v) is 10.8. The van der Waals surface area contributed by atoms with Crippen LogP contribution in [-0.4, -0.2) is 40.3 Å². The van der Waals surface area contributed by atoms with E-state index in [1.807, 2.05) is 6.92 Å². The van der Waals surface area contributed by atoms with Crippen LogP contribution in [-0.2, 0) is 11.3 Å². The summed E-state index contributed by atoms with van der Waals surface area (Å²) in [5.41, 5.74) is 10.4. The summed E-state index contributed by atoms with van der Waals surface area (Å²) in [6.45, 7) is 3.53. The zero-order valence-corrected chi connectivity index (χ0v) is 18.1. The highest BCUT2D eigenvalue weighted by atomic mass is 16.5. The van der Waals surface area contributed by atoms with Crippen molar-refractivity contribution in [3.05, 3.63) is 26.4 Å². The van der Waals surface area contributed by atoms with Crippen molar-refractivity contribution in [1.82, 2.24) is 9.13 Å². The molecule has 1 heterocycles. The van der Waals surface area contributed by atoms with E-state index >= 15 is 0 Å². The highest BCUT2D eigenvalue weighted by Crippen LogP contribution is 2.61. The van der Waals surface area contributed by atoms with Crippen molar-refractivity contribution in [2.24, 2.45) is 22.3 Å². The van der Waals surface area contributed by atoms with Crippen molar-refractivity contribution in [3.8, 4) is 5.88 Å². The SMILES string of the molecule is CCCCn1c(O)c(C(=N)N)c(=O)n(C2CCC3(CC2)CC(CN)(COC)C3)c1=O. The molecule has 0 amide bonds. The number of nitrogens with zero attached hydrogens (tertiary/aromatic N) is 2. The number of nitrogens with two attached hydrogens (primary N) is 2. The Labute approximate surface area is 176 Å². The predicted molar refractivity (Wildman–Crippen MR) is 115 cm³/mol. The quantitative estimate of drug-likeness (QED) is 0.367. The Kier molecular flexibility index (Phi) is 6.43. The van der Waals surface area contributed by atoms with Gasteiger partial charge in [0, 0.05) is 31.7 Å². The Morgan fingerprint density at radius 3 is 2.43 bits per heavy atom. The highest BCUT2D eigenvalue weighted by molar-refractivity contribution is 5.96. The van der Waals surface area contributed by atoms with E-state index in [9.17, 15) is 14.7 Å². The standard InChI is InChI=1S/C21H35N5O4/c1-3-4-9-25-17(27)15(16(23)24)18(28)26(19(25)29)14-5-7-20(8-6-14)10-21(11-20,12-22)13-30-2/h14,27H,3-13,22H2,1-2H3,(H3,23,24). The van der Waals surface area contributed by atoms with Gasteiger partial charge in [-0.05, 0) is 50.4 Å². The normalized spacial score (nSPS) is 28.4. The number of unbranched alkanes of at least 4 members (excludes halogenated alkanes) is 1. The lowest BCUT2D eigenvalue weighted by atomic mass is 9.48. The van der Waals surface area contributed by atoms with Crippen molar-refractivity contribution in [2.45, 2.75) is 70.9 Å². The van der Waals surface area contributed by atoms with Gasteiger partial charge in [-0.1, -0.05) is 13.3 Å². The number of aromatic hydroxyl groups is 1. The van der Waals surface area contributed by atoms with Gasteiger partial charge in [-0.25, -0.2) is 4.79 Å². The molecule has 30 heavy (non-hydrogen) atoms. The molecule has 0 aromatic carbocycles. The smallest absolute Gasteiger partial charge is 0.334 e. The molecule has 9 nitrogen and oxygen atoms in total. The van der Waals surface area contributed by atoms with Crippen LogP contribution in [0.25, 0.3) is 0 Å². The van der Waals surface area contributed by atoms with Crippen LogP contribution in [0.1, 0.15) is 69.9 Å². The summed E-state index contributed by atoms with van der Waals surface area (Å²) in [5.74, 6) is -1.02. The molecular weight excluding hydrogens is 386 g/mol. The van der Waals surface area contributed by atoms with Crippen LogP contribution in [0.15, 0.2) is 9.59 Å². The monoisotopic (exact) mass is 421 g/mol. The van der Waals surface area contributed by atoms with Crippen LogP contribution in [0.4, 0.5) is 0 Å². The zero-order valence-electron chi connectivity index (χ0n) is 18.1. The van der Waals surface area contributed by atoms with Gasteiger partial charge in [0.05, 0.1) is 6.61 Å². The first kappa shape index (κ1) is 22.6. The summed E-state index contributed by atoms with van der Waals surface area (Å²) in [6, 6.07) is -0.252. The summed E-state index contributed by atoms with van der Waals surface area (Å²) < 4.78 is 7.78. The fourth-order valence-electron chi connectivity index (χ4n) is 5.71. The molecule has 2 aliphatic rings. The maximum absolute atomic E-state index is 13.1. The summed E-state index contributed by atoms with van der Waals surface area (Å²) >= 11 is 0. The minimum absolute atomic E-state index is 0.0473. The topological polar surface area (TPSA) is 149 Å². The third-order valence-corrected chi connectivity index (χ3v) is 7.12. The number of methoxy groups -OCH3 is 1. The van der Waals surface area contributed by atoms with Gasteiger partial charge < -0.3 is 21.3 Å². The van der Waals surface area contributed by atoms with E-state index in [-0.39, 0.29) is 29.0 Å². The maximum Gasteiger partial charge on any atom is 0.334 e. The number of amidine groups is 1. The van der Waals surface area contributed by atoms with Gasteiger partial charge in [0.25, 0.3) is 5.56 Å². The number of aromatic nitrogens is 2. The molecule has 1 aromatic rings. The molecule has 0 unspecified atom stereocenters. The molecule has 0 atom stereocenters. The van der Waals surface area contributed by atoms with Crippen LogP contribution in [0.5, 0.6) is 5.88 Å². The lowest BCUT2D eigenvalue weighted by molar-refractivity contribution is -0.103. The third-order valence-electron chi connectivity index (χ3n) is 7.12. The van der Waals surface area contributed by atoms with Crippen LogP contribution < -0.4 is 22.7 Å². The number of hydrogen-bond donors (Lipinski definition) is 4. The average Bonchev–Trinajstić information content (AvgIpc) is 2.67. The summed E-state index contributed by atoms with van der Waals surface area (Å²) in [5, 5.41) is 18.2. The molecule has 2 aliphatic carbocycles. The first-order valence-electron chi connectivity index (χ1n) is 10.8. The molecule has 0 radical (unpaired) electrons. The largest absolute Gasteiger partial charge is 0.494 e. The fourth-order valence-corrected chi connectivity index (χ4v) is 5.71. The van der Waals surface area contributed by atoms with Gasteiger partial charge in [0.15, 0.2) is 0 Å². The van der Waals surface area contributed by atoms with E-state index in [0.29, 0.717) is 32.4 Å². The molecule has 3 rings (SSSR count). The van der Waals surface area contributed by atoms with Crippen LogP contribution >= 0.6 is 0 Å². The Balaban J connectivity index is 1.87. The zero-order chi connectivity index (χ0) is 22.1. The summed E-state index contributed by atoms with van der Waals surface area (Å²) in [6.07, 6.45) is 6.79. The molecule has 168 valence electrons. The van der Waals surface area contributed by atoms with E-state index in [1.54, 1.807) is 7.11 Å². The van der Waals surface area contributed by atoms with Gasteiger partial charge in [-0.3, -0.25) is 19.3 Å². The Morgan fingerprint density at radius 2 is 1.93 bits per heavy atom. The van der Waals surface area contributed by atoms with Crippen molar-refractivity contribution in [3.63, 3.8) is 0 Å². The Bertz CT molecular complexity index is 903. The first-order chi connectivity index (χ1) is 14.2. The fraction of sp³-hybridized carbons (Fsp3) is 0.762. The van der Waals surface area contributed by atoms with E-state index in [2.05, 4.69) is 0 Å². The van der Waals surface area contributed by atoms with Gasteiger partial charge in [-0.2, -0.15) is 0 Å². The molecule has 2 saturated carbocycles. The van der Waals surface area contributed by atoms with Gasteiger partial charge in [0.2, 0.25) is 5.88 Å². The van der Waals surface area contributed by atoms with Gasteiger partial charge in [-0.15, -0.1) is 0 Å². The third kappa shape index (κ3) is 3.80. The lowest BCUT2D eigenvalue weighted by Gasteiger charge is -2.58. The second-order valence-corrected chi connectivity index (χ2v) is 9.30. The Hall–Kier alpha value is -2.13. The minimum atomic E-state index is -0.664. The van der Waals surface area contributed by atoms with Crippen LogP contribution in [0.3, 0.4) is 0 Å². The minimum Gasteiger partial charge on any atom is -0.494 e. The van der Waals surface area contributed by atoms with E-state index < -0.39 is 23.0 Å². The average molecular weight is 422 g/mol. The van der Waals surface area contributed by atoms with E-state index in [1.165, 1.54) is 9.13 Å². The molecule has 9 heteroatoms. The molecule has 0 aliphatic heterocycles. The molecule has 2 fully saturated rings. The van der Waals surface area contributed by atoms with Crippen molar-refractivity contribution in [2.75, 3.05) is 20.3 Å². The highest BCUT2D eigenvalue weighted by Gasteiger charge is 2.54. The lowest BCUT2D eigenvalue weighted by Crippen LogP contribution is -2.55. The van der Waals surface area contributed by atoms with E-state index in [0.717, 1.165) is 32.1 Å². The second kappa shape index (κ2) is 8.55. The number of ether oxygens (including phenoxy) is 1. The van der Waals surface area contributed by atoms with Gasteiger partial charge >= 0.3 is 5.69 Å².